The number of benzene rings is 2. The number of nitrogens with one attached hydrogen (secondary N) is 1. The van der Waals surface area contributed by atoms with Gasteiger partial charge in [-0.15, -0.1) is 0 Å². The molecule has 0 aromatic heterocycles. The van der Waals surface area contributed by atoms with Crippen LogP contribution in [0.15, 0.2) is 30.3 Å². The Morgan fingerprint density at radius 3 is 2.20 bits per heavy atom. The molecule has 2 aromatic carbocycles. The van der Waals surface area contributed by atoms with Gasteiger partial charge in [0.05, 0.1) is 6.04 Å². The van der Waals surface area contributed by atoms with Crippen molar-refractivity contribution in [3.05, 3.63) is 69.8 Å². The quantitative estimate of drug-likeness (QED) is 0.665. The minimum atomic E-state index is -0.578. The number of rotatable bonds is 3. The molecule has 2 aromatic rings. The van der Waals surface area contributed by atoms with Gasteiger partial charge in [0.25, 0.3) is 0 Å². The van der Waals surface area contributed by atoms with Crippen LogP contribution in [0.1, 0.15) is 33.9 Å². The lowest BCUT2D eigenvalue weighted by Gasteiger charge is -2.20. The van der Waals surface area contributed by atoms with Crippen LogP contribution in [0.3, 0.4) is 0 Å². The summed E-state index contributed by atoms with van der Waals surface area (Å²) in [7, 11) is 0. The molecule has 0 saturated heterocycles. The van der Waals surface area contributed by atoms with E-state index in [0.717, 1.165) is 11.1 Å². The van der Waals surface area contributed by atoms with Gasteiger partial charge in [-0.3, -0.25) is 5.84 Å². The van der Waals surface area contributed by atoms with E-state index in [1.807, 2.05) is 19.9 Å². The fraction of sp³-hybridized carbons (Fsp3) is 0.250. The van der Waals surface area contributed by atoms with Crippen LogP contribution >= 0.6 is 0 Å². The van der Waals surface area contributed by atoms with Crippen molar-refractivity contribution in [3.63, 3.8) is 0 Å². The Labute approximate surface area is 117 Å². The summed E-state index contributed by atoms with van der Waals surface area (Å²) in [6.07, 6.45) is 0. The molecule has 0 spiro atoms. The van der Waals surface area contributed by atoms with E-state index in [-0.39, 0.29) is 11.6 Å². The number of hydrogen-bond donors (Lipinski definition) is 2. The SMILES string of the molecule is Cc1cc(C)c(C(NN)c2ccc(C)c(F)c2)c(F)c1. The van der Waals surface area contributed by atoms with Crippen LogP contribution in [-0.2, 0) is 0 Å². The normalized spacial score (nSPS) is 12.5. The van der Waals surface area contributed by atoms with Crippen molar-refractivity contribution >= 4 is 0 Å². The van der Waals surface area contributed by atoms with E-state index in [4.69, 9.17) is 5.84 Å². The average molecular weight is 276 g/mol. The Morgan fingerprint density at radius 2 is 1.65 bits per heavy atom. The molecule has 0 saturated carbocycles. The van der Waals surface area contributed by atoms with E-state index >= 15 is 0 Å². The average Bonchev–Trinajstić information content (AvgIpc) is 2.37. The molecule has 2 rings (SSSR count). The highest BCUT2D eigenvalue weighted by molar-refractivity contribution is 5.40. The van der Waals surface area contributed by atoms with Gasteiger partial charge in [0.15, 0.2) is 0 Å². The van der Waals surface area contributed by atoms with Gasteiger partial charge >= 0.3 is 0 Å². The molecule has 0 bridgehead atoms. The summed E-state index contributed by atoms with van der Waals surface area (Å²) in [6.45, 7) is 5.33. The zero-order valence-electron chi connectivity index (χ0n) is 11.8. The van der Waals surface area contributed by atoms with Crippen LogP contribution in [0, 0.1) is 32.4 Å². The van der Waals surface area contributed by atoms with Crippen LogP contribution < -0.4 is 11.3 Å². The molecule has 0 aliphatic rings. The molecule has 0 radical (unpaired) electrons. The maximum absolute atomic E-state index is 14.2. The minimum Gasteiger partial charge on any atom is -0.271 e. The molecule has 106 valence electrons. The molecule has 20 heavy (non-hydrogen) atoms. The molecular formula is C16H18F2N2. The van der Waals surface area contributed by atoms with Crippen molar-refractivity contribution in [2.75, 3.05) is 0 Å². The van der Waals surface area contributed by atoms with E-state index in [9.17, 15) is 8.78 Å². The van der Waals surface area contributed by atoms with E-state index in [0.29, 0.717) is 16.7 Å². The summed E-state index contributed by atoms with van der Waals surface area (Å²) in [5, 5.41) is 0. The van der Waals surface area contributed by atoms with Gasteiger partial charge in [0, 0.05) is 5.56 Å². The standard InChI is InChI=1S/C16H18F2N2/c1-9-6-11(3)15(14(18)7-9)16(20-19)12-5-4-10(2)13(17)8-12/h4-8,16,20H,19H2,1-3H3. The fourth-order valence-corrected chi connectivity index (χ4v) is 2.43. The first-order chi connectivity index (χ1) is 9.43. The summed E-state index contributed by atoms with van der Waals surface area (Å²) in [5.74, 6) is 4.89. The largest absolute Gasteiger partial charge is 0.271 e. The van der Waals surface area contributed by atoms with Crippen molar-refractivity contribution in [2.45, 2.75) is 26.8 Å². The van der Waals surface area contributed by atoms with Crippen molar-refractivity contribution in [3.8, 4) is 0 Å². The summed E-state index contributed by atoms with van der Waals surface area (Å²) >= 11 is 0. The number of nitrogens with two attached hydrogens (primary N) is 1. The first-order valence-corrected chi connectivity index (χ1v) is 6.43. The smallest absolute Gasteiger partial charge is 0.128 e. The van der Waals surface area contributed by atoms with E-state index in [2.05, 4.69) is 5.43 Å². The molecule has 0 fully saturated rings. The predicted molar refractivity (Wildman–Crippen MR) is 76.2 cm³/mol. The molecular weight excluding hydrogens is 258 g/mol. The second-order valence-electron chi connectivity index (χ2n) is 5.09. The maximum atomic E-state index is 14.2. The summed E-state index contributed by atoms with van der Waals surface area (Å²) in [5.41, 5.74) is 5.79. The molecule has 0 heterocycles. The minimum absolute atomic E-state index is 0.326. The zero-order chi connectivity index (χ0) is 14.9. The van der Waals surface area contributed by atoms with Gasteiger partial charge in [-0.25, -0.2) is 14.2 Å². The molecule has 3 N–H and O–H groups in total. The topological polar surface area (TPSA) is 38.0 Å². The molecule has 4 heteroatoms. The highest BCUT2D eigenvalue weighted by Crippen LogP contribution is 2.28. The van der Waals surface area contributed by atoms with Crippen molar-refractivity contribution in [1.29, 1.82) is 0 Å². The van der Waals surface area contributed by atoms with Crippen LogP contribution in [0.4, 0.5) is 8.78 Å². The molecule has 1 unspecified atom stereocenters. The van der Waals surface area contributed by atoms with Gasteiger partial charge in [0.1, 0.15) is 11.6 Å². The second-order valence-corrected chi connectivity index (χ2v) is 5.09. The molecule has 0 amide bonds. The number of aryl methyl sites for hydroxylation is 3. The van der Waals surface area contributed by atoms with Gasteiger partial charge in [-0.1, -0.05) is 18.2 Å². The number of halogens is 2. The second kappa shape index (κ2) is 5.69. The highest BCUT2D eigenvalue weighted by atomic mass is 19.1. The third kappa shape index (κ3) is 2.71. The lowest BCUT2D eigenvalue weighted by atomic mass is 9.93. The van der Waals surface area contributed by atoms with Gasteiger partial charge in [-0.2, -0.15) is 0 Å². The third-order valence-corrected chi connectivity index (χ3v) is 3.47. The molecule has 2 nitrogen and oxygen atoms in total. The fourth-order valence-electron chi connectivity index (χ4n) is 2.43. The van der Waals surface area contributed by atoms with Crippen molar-refractivity contribution in [2.24, 2.45) is 5.84 Å². The Bertz CT molecular complexity index is 615. The first-order valence-electron chi connectivity index (χ1n) is 6.43. The van der Waals surface area contributed by atoms with E-state index in [1.165, 1.54) is 12.1 Å². The van der Waals surface area contributed by atoms with Gasteiger partial charge in [-0.05, 0) is 55.2 Å². The molecule has 0 aliphatic carbocycles. The third-order valence-electron chi connectivity index (χ3n) is 3.47. The molecule has 0 aliphatic heterocycles. The monoisotopic (exact) mass is 276 g/mol. The van der Waals surface area contributed by atoms with Crippen LogP contribution in [0.2, 0.25) is 0 Å². The van der Waals surface area contributed by atoms with Crippen molar-refractivity contribution in [1.82, 2.24) is 5.43 Å². The van der Waals surface area contributed by atoms with Gasteiger partial charge < -0.3 is 0 Å². The van der Waals surface area contributed by atoms with Crippen molar-refractivity contribution < 1.29 is 8.78 Å². The Balaban J connectivity index is 2.55. The number of hydrogen-bond acceptors (Lipinski definition) is 2. The van der Waals surface area contributed by atoms with Crippen LogP contribution in [0.5, 0.6) is 0 Å². The van der Waals surface area contributed by atoms with Gasteiger partial charge in [0.2, 0.25) is 0 Å². The predicted octanol–water partition coefficient (Wildman–Crippen LogP) is 3.44. The molecule has 1 atom stereocenters. The number of hydrazine groups is 1. The van der Waals surface area contributed by atoms with Crippen LogP contribution in [-0.4, -0.2) is 0 Å². The lowest BCUT2D eigenvalue weighted by Crippen LogP contribution is -2.30. The highest BCUT2D eigenvalue weighted by Gasteiger charge is 2.20. The van der Waals surface area contributed by atoms with E-state index < -0.39 is 6.04 Å². The lowest BCUT2D eigenvalue weighted by molar-refractivity contribution is 0.551. The first kappa shape index (κ1) is 14.6. The van der Waals surface area contributed by atoms with Crippen LogP contribution in [0.25, 0.3) is 0 Å². The zero-order valence-corrected chi connectivity index (χ0v) is 11.8. The summed E-state index contributed by atoms with van der Waals surface area (Å²) in [6, 6.07) is 7.56. The van der Waals surface area contributed by atoms with E-state index in [1.54, 1.807) is 19.1 Å². The Kier molecular flexibility index (Phi) is 4.16. The summed E-state index contributed by atoms with van der Waals surface area (Å²) < 4.78 is 27.9. The maximum Gasteiger partial charge on any atom is 0.128 e. The summed E-state index contributed by atoms with van der Waals surface area (Å²) in [4.78, 5) is 0. The Morgan fingerprint density at radius 1 is 0.950 bits per heavy atom. The Hall–Kier alpha value is -1.78.